The third kappa shape index (κ3) is 2.91. The molecule has 0 spiro atoms. The fourth-order valence-electron chi connectivity index (χ4n) is 2.22. The SMILES string of the molecule is CC(=O)Nc1cccc(-n2nnc(C#N)c2-c2cccnc2)c1. The van der Waals surface area contributed by atoms with Gasteiger partial charge in [0.25, 0.3) is 0 Å². The summed E-state index contributed by atoms with van der Waals surface area (Å²) in [6.07, 6.45) is 3.30. The summed E-state index contributed by atoms with van der Waals surface area (Å²) < 4.78 is 1.56. The van der Waals surface area contributed by atoms with Crippen molar-refractivity contribution < 1.29 is 4.79 Å². The van der Waals surface area contributed by atoms with Crippen molar-refractivity contribution in [1.82, 2.24) is 20.0 Å². The molecule has 0 aliphatic carbocycles. The van der Waals surface area contributed by atoms with Gasteiger partial charge in [0.2, 0.25) is 5.91 Å². The maximum absolute atomic E-state index is 11.2. The van der Waals surface area contributed by atoms with E-state index < -0.39 is 0 Å². The van der Waals surface area contributed by atoms with E-state index in [0.29, 0.717) is 17.1 Å². The van der Waals surface area contributed by atoms with E-state index >= 15 is 0 Å². The van der Waals surface area contributed by atoms with Crippen molar-refractivity contribution >= 4 is 11.6 Å². The van der Waals surface area contributed by atoms with Crippen LogP contribution in [0.25, 0.3) is 16.9 Å². The number of hydrogen-bond donors (Lipinski definition) is 1. The van der Waals surface area contributed by atoms with Crippen molar-refractivity contribution in [2.24, 2.45) is 0 Å². The fraction of sp³-hybridized carbons (Fsp3) is 0.0625. The van der Waals surface area contributed by atoms with E-state index in [4.69, 9.17) is 0 Å². The van der Waals surface area contributed by atoms with Crippen LogP contribution in [0.1, 0.15) is 12.6 Å². The summed E-state index contributed by atoms with van der Waals surface area (Å²) in [5, 5.41) is 20.0. The minimum absolute atomic E-state index is 0.161. The predicted octanol–water partition coefficient (Wildman–Crippen LogP) is 2.16. The van der Waals surface area contributed by atoms with Crippen LogP contribution >= 0.6 is 0 Å². The Hall–Kier alpha value is -3.53. The van der Waals surface area contributed by atoms with Gasteiger partial charge in [0.1, 0.15) is 11.8 Å². The van der Waals surface area contributed by atoms with E-state index in [-0.39, 0.29) is 11.6 Å². The number of pyridine rings is 1. The molecule has 7 nitrogen and oxygen atoms in total. The molecule has 0 unspecified atom stereocenters. The zero-order chi connectivity index (χ0) is 16.2. The average molecular weight is 304 g/mol. The van der Waals surface area contributed by atoms with E-state index in [1.165, 1.54) is 6.92 Å². The van der Waals surface area contributed by atoms with Gasteiger partial charge in [0.05, 0.1) is 5.69 Å². The molecule has 0 saturated carbocycles. The largest absolute Gasteiger partial charge is 0.326 e. The summed E-state index contributed by atoms with van der Waals surface area (Å²) >= 11 is 0. The molecule has 1 aromatic carbocycles. The molecule has 2 aromatic heterocycles. The van der Waals surface area contributed by atoms with Crippen molar-refractivity contribution in [3.8, 4) is 23.0 Å². The lowest BCUT2D eigenvalue weighted by Crippen LogP contribution is -2.07. The highest BCUT2D eigenvalue weighted by molar-refractivity contribution is 5.89. The van der Waals surface area contributed by atoms with Gasteiger partial charge in [-0.1, -0.05) is 11.3 Å². The Morgan fingerprint density at radius 2 is 2.17 bits per heavy atom. The van der Waals surface area contributed by atoms with E-state index in [0.717, 1.165) is 5.56 Å². The van der Waals surface area contributed by atoms with Gasteiger partial charge in [-0.25, -0.2) is 4.68 Å². The standard InChI is InChI=1S/C16H12N6O/c1-11(23)19-13-5-2-6-14(8-13)22-16(15(9-17)20-21-22)12-4-3-7-18-10-12/h2-8,10H,1H3,(H,19,23). The zero-order valence-electron chi connectivity index (χ0n) is 12.3. The molecule has 0 saturated heterocycles. The van der Waals surface area contributed by atoms with Gasteiger partial charge in [-0.15, -0.1) is 5.10 Å². The van der Waals surface area contributed by atoms with E-state index in [1.54, 1.807) is 41.3 Å². The van der Waals surface area contributed by atoms with Crippen LogP contribution in [0.3, 0.4) is 0 Å². The Morgan fingerprint density at radius 1 is 1.30 bits per heavy atom. The molecular formula is C16H12N6O. The monoisotopic (exact) mass is 304 g/mol. The average Bonchev–Trinajstić information content (AvgIpc) is 2.99. The maximum atomic E-state index is 11.2. The van der Waals surface area contributed by atoms with Crippen molar-refractivity contribution in [3.63, 3.8) is 0 Å². The Balaban J connectivity index is 2.13. The molecule has 2 heterocycles. The number of aromatic nitrogens is 4. The van der Waals surface area contributed by atoms with Gasteiger partial charge in [0.15, 0.2) is 5.69 Å². The number of nitrogens with zero attached hydrogens (tertiary/aromatic N) is 5. The number of rotatable bonds is 3. The van der Waals surface area contributed by atoms with Crippen LogP contribution in [0.4, 0.5) is 5.69 Å². The highest BCUT2D eigenvalue weighted by Crippen LogP contribution is 2.25. The Bertz CT molecular complexity index is 894. The van der Waals surface area contributed by atoms with Crippen molar-refractivity contribution in [3.05, 3.63) is 54.5 Å². The molecule has 23 heavy (non-hydrogen) atoms. The van der Waals surface area contributed by atoms with Gasteiger partial charge < -0.3 is 5.32 Å². The number of benzene rings is 1. The quantitative estimate of drug-likeness (QED) is 0.799. The minimum atomic E-state index is -0.161. The molecule has 3 rings (SSSR count). The normalized spacial score (nSPS) is 10.1. The number of nitriles is 1. The first-order chi connectivity index (χ1) is 11.2. The molecule has 0 atom stereocenters. The second kappa shape index (κ2) is 6.07. The minimum Gasteiger partial charge on any atom is -0.326 e. The lowest BCUT2D eigenvalue weighted by Gasteiger charge is -2.08. The first-order valence-electron chi connectivity index (χ1n) is 6.83. The number of carbonyl (C=O) groups excluding carboxylic acids is 1. The number of nitrogens with one attached hydrogen (secondary N) is 1. The van der Waals surface area contributed by atoms with Crippen LogP contribution < -0.4 is 5.32 Å². The van der Waals surface area contributed by atoms with Gasteiger partial charge in [-0.2, -0.15) is 5.26 Å². The van der Waals surface area contributed by atoms with Gasteiger partial charge >= 0.3 is 0 Å². The first kappa shape index (κ1) is 14.4. The highest BCUT2D eigenvalue weighted by atomic mass is 16.1. The van der Waals surface area contributed by atoms with Crippen LogP contribution in [-0.2, 0) is 4.79 Å². The summed E-state index contributed by atoms with van der Waals surface area (Å²) in [6.45, 7) is 1.44. The molecule has 0 aliphatic heterocycles. The maximum Gasteiger partial charge on any atom is 0.221 e. The van der Waals surface area contributed by atoms with Crippen LogP contribution in [0.15, 0.2) is 48.8 Å². The molecule has 1 amide bonds. The van der Waals surface area contributed by atoms with Crippen LogP contribution in [0, 0.1) is 11.3 Å². The number of hydrogen-bond acceptors (Lipinski definition) is 5. The van der Waals surface area contributed by atoms with E-state index in [1.807, 2.05) is 18.2 Å². The van der Waals surface area contributed by atoms with Crippen molar-refractivity contribution in [2.45, 2.75) is 6.92 Å². The number of amides is 1. The Labute approximate surface area is 132 Å². The summed E-state index contributed by atoms with van der Waals surface area (Å²) in [7, 11) is 0. The fourth-order valence-corrected chi connectivity index (χ4v) is 2.22. The first-order valence-corrected chi connectivity index (χ1v) is 6.83. The Kier molecular flexibility index (Phi) is 3.80. The second-order valence-corrected chi connectivity index (χ2v) is 4.78. The smallest absolute Gasteiger partial charge is 0.221 e. The lowest BCUT2D eigenvalue weighted by atomic mass is 10.1. The predicted molar refractivity (Wildman–Crippen MR) is 83.6 cm³/mol. The lowest BCUT2D eigenvalue weighted by molar-refractivity contribution is -0.114. The van der Waals surface area contributed by atoms with Gasteiger partial charge in [-0.05, 0) is 30.3 Å². The molecule has 0 fully saturated rings. The summed E-state index contributed by atoms with van der Waals surface area (Å²) in [4.78, 5) is 15.3. The van der Waals surface area contributed by atoms with Crippen LogP contribution in [-0.4, -0.2) is 25.9 Å². The highest BCUT2D eigenvalue weighted by Gasteiger charge is 2.16. The molecule has 7 heteroatoms. The molecule has 0 radical (unpaired) electrons. The third-order valence-corrected chi connectivity index (χ3v) is 3.12. The number of carbonyl (C=O) groups is 1. The number of anilines is 1. The molecule has 1 N–H and O–H groups in total. The molecule has 0 bridgehead atoms. The zero-order valence-corrected chi connectivity index (χ0v) is 12.3. The summed E-state index contributed by atoms with van der Waals surface area (Å²) in [5.74, 6) is -0.161. The second-order valence-electron chi connectivity index (χ2n) is 4.78. The van der Waals surface area contributed by atoms with Crippen LogP contribution in [0.2, 0.25) is 0 Å². The van der Waals surface area contributed by atoms with E-state index in [2.05, 4.69) is 20.6 Å². The van der Waals surface area contributed by atoms with Crippen molar-refractivity contribution in [1.29, 1.82) is 5.26 Å². The summed E-state index contributed by atoms with van der Waals surface area (Å²) in [5.41, 5.74) is 2.83. The van der Waals surface area contributed by atoms with Gasteiger partial charge in [0, 0.05) is 30.6 Å². The Morgan fingerprint density at radius 3 is 2.87 bits per heavy atom. The molecule has 112 valence electrons. The molecule has 3 aromatic rings. The molecule has 0 aliphatic rings. The molecular weight excluding hydrogens is 292 g/mol. The summed E-state index contributed by atoms with van der Waals surface area (Å²) in [6, 6.07) is 12.8. The van der Waals surface area contributed by atoms with Crippen LogP contribution in [0.5, 0.6) is 0 Å². The third-order valence-electron chi connectivity index (χ3n) is 3.12. The topological polar surface area (TPSA) is 96.5 Å². The van der Waals surface area contributed by atoms with Gasteiger partial charge in [-0.3, -0.25) is 9.78 Å². The van der Waals surface area contributed by atoms with E-state index in [9.17, 15) is 10.1 Å². The van der Waals surface area contributed by atoms with Crippen molar-refractivity contribution in [2.75, 3.05) is 5.32 Å².